The minimum absolute atomic E-state index is 0.137. The third-order valence-electron chi connectivity index (χ3n) is 3.49. The molecule has 0 saturated carbocycles. The molecule has 0 aliphatic carbocycles. The van der Waals surface area contributed by atoms with Gasteiger partial charge in [-0.25, -0.2) is 0 Å². The van der Waals surface area contributed by atoms with Crippen LogP contribution in [-0.4, -0.2) is 21.5 Å². The molecule has 1 aliphatic heterocycles. The molecule has 0 fully saturated rings. The van der Waals surface area contributed by atoms with E-state index >= 15 is 0 Å². The predicted octanol–water partition coefficient (Wildman–Crippen LogP) is 2.71. The van der Waals surface area contributed by atoms with Crippen molar-refractivity contribution < 1.29 is 10.0 Å². The number of nitro benzene ring substituents is 1. The first-order valence-electron chi connectivity index (χ1n) is 6.34. The van der Waals surface area contributed by atoms with Crippen molar-refractivity contribution in [2.75, 3.05) is 6.54 Å². The zero-order valence-corrected chi connectivity index (χ0v) is 11.5. The Morgan fingerprint density at radius 3 is 3.00 bits per heavy atom. The number of hydrogen-bond donors (Lipinski definition) is 1. The summed E-state index contributed by atoms with van der Waals surface area (Å²) in [5.41, 5.74) is 1.94. The number of benzene rings is 1. The molecule has 2 aromatic rings. The van der Waals surface area contributed by atoms with E-state index in [1.54, 1.807) is 29.5 Å². The predicted molar refractivity (Wildman–Crippen MR) is 76.5 cm³/mol. The van der Waals surface area contributed by atoms with Gasteiger partial charge in [0.2, 0.25) is 0 Å². The molecule has 1 unspecified atom stereocenters. The van der Waals surface area contributed by atoms with Gasteiger partial charge in [0.25, 0.3) is 5.69 Å². The molecule has 1 atom stereocenters. The Bertz CT molecular complexity index is 641. The van der Waals surface area contributed by atoms with E-state index in [0.717, 1.165) is 17.0 Å². The van der Waals surface area contributed by atoms with Crippen molar-refractivity contribution in [1.82, 2.24) is 4.90 Å². The molecule has 0 saturated heterocycles. The zero-order chi connectivity index (χ0) is 14.1. The Hall–Kier alpha value is -1.76. The number of nitro groups is 1. The highest BCUT2D eigenvalue weighted by molar-refractivity contribution is 7.10. The maximum atomic E-state index is 11.0. The molecule has 3 rings (SSSR count). The average molecular weight is 290 g/mol. The van der Waals surface area contributed by atoms with Crippen LogP contribution in [-0.2, 0) is 13.1 Å². The molecule has 1 aliphatic rings. The van der Waals surface area contributed by atoms with Crippen LogP contribution in [0.1, 0.15) is 22.1 Å². The second-order valence-corrected chi connectivity index (χ2v) is 5.83. The number of rotatable bonds is 3. The van der Waals surface area contributed by atoms with Gasteiger partial charge in [0.05, 0.1) is 4.92 Å². The van der Waals surface area contributed by atoms with Crippen molar-refractivity contribution in [3.05, 3.63) is 61.8 Å². The summed E-state index contributed by atoms with van der Waals surface area (Å²) in [4.78, 5) is 13.7. The normalized spacial score (nSPS) is 18.8. The highest BCUT2D eigenvalue weighted by Crippen LogP contribution is 2.32. The fourth-order valence-corrected chi connectivity index (χ4v) is 3.48. The van der Waals surface area contributed by atoms with Gasteiger partial charge in [0.15, 0.2) is 0 Å². The minimum atomic E-state index is -0.499. The molecular weight excluding hydrogens is 276 g/mol. The third-order valence-corrected chi connectivity index (χ3v) is 4.55. The van der Waals surface area contributed by atoms with E-state index < -0.39 is 6.10 Å². The Kier molecular flexibility index (Phi) is 3.52. The van der Waals surface area contributed by atoms with Gasteiger partial charge < -0.3 is 5.11 Å². The van der Waals surface area contributed by atoms with Crippen molar-refractivity contribution in [3.8, 4) is 0 Å². The van der Waals surface area contributed by atoms with Crippen LogP contribution in [0.15, 0.2) is 35.7 Å². The molecule has 1 aromatic heterocycles. The van der Waals surface area contributed by atoms with Gasteiger partial charge in [-0.05, 0) is 17.0 Å². The molecule has 0 amide bonds. The summed E-state index contributed by atoms with van der Waals surface area (Å²) in [7, 11) is 0. The van der Waals surface area contributed by atoms with Gasteiger partial charge in [-0.1, -0.05) is 18.2 Å². The average Bonchev–Trinajstić information content (AvgIpc) is 2.88. The summed E-state index contributed by atoms with van der Waals surface area (Å²) in [5.74, 6) is 0. The Morgan fingerprint density at radius 1 is 1.40 bits per heavy atom. The summed E-state index contributed by atoms with van der Waals surface area (Å²) in [6, 6.07) is 8.77. The van der Waals surface area contributed by atoms with Gasteiger partial charge in [-0.2, -0.15) is 0 Å². The topological polar surface area (TPSA) is 66.6 Å². The molecule has 1 N–H and O–H groups in total. The molecule has 0 spiro atoms. The quantitative estimate of drug-likeness (QED) is 0.697. The molecule has 104 valence electrons. The van der Waals surface area contributed by atoms with Crippen LogP contribution in [0.4, 0.5) is 5.69 Å². The lowest BCUT2D eigenvalue weighted by atomic mass is 10.1. The fourth-order valence-electron chi connectivity index (χ4n) is 2.59. The van der Waals surface area contributed by atoms with E-state index in [2.05, 4.69) is 0 Å². The van der Waals surface area contributed by atoms with Crippen molar-refractivity contribution in [2.45, 2.75) is 19.2 Å². The van der Waals surface area contributed by atoms with Crippen LogP contribution >= 0.6 is 11.3 Å². The van der Waals surface area contributed by atoms with E-state index in [9.17, 15) is 15.2 Å². The van der Waals surface area contributed by atoms with Crippen molar-refractivity contribution in [1.29, 1.82) is 0 Å². The molecule has 1 aromatic carbocycles. The SMILES string of the molecule is O=[N+]([O-])c1ccccc1CN1Cc2ccsc2C(O)C1. The summed E-state index contributed by atoms with van der Waals surface area (Å²) in [5, 5.41) is 23.1. The van der Waals surface area contributed by atoms with Crippen LogP contribution < -0.4 is 0 Å². The van der Waals surface area contributed by atoms with E-state index in [1.807, 2.05) is 16.3 Å². The summed E-state index contributed by atoms with van der Waals surface area (Å²) in [6.45, 7) is 1.71. The lowest BCUT2D eigenvalue weighted by molar-refractivity contribution is -0.385. The van der Waals surface area contributed by atoms with Crippen molar-refractivity contribution in [2.24, 2.45) is 0 Å². The highest BCUT2D eigenvalue weighted by Gasteiger charge is 2.26. The molecule has 0 radical (unpaired) electrons. The largest absolute Gasteiger partial charge is 0.386 e. The lowest BCUT2D eigenvalue weighted by Gasteiger charge is -2.30. The number of hydrogen-bond acceptors (Lipinski definition) is 5. The van der Waals surface area contributed by atoms with E-state index in [-0.39, 0.29) is 10.6 Å². The summed E-state index contributed by atoms with van der Waals surface area (Å²) >= 11 is 1.56. The third kappa shape index (κ3) is 2.45. The number of aliphatic hydroxyl groups excluding tert-OH is 1. The minimum Gasteiger partial charge on any atom is -0.386 e. The first-order valence-corrected chi connectivity index (χ1v) is 7.22. The molecule has 20 heavy (non-hydrogen) atoms. The fraction of sp³-hybridized carbons (Fsp3) is 0.286. The van der Waals surface area contributed by atoms with Crippen LogP contribution in [0.25, 0.3) is 0 Å². The summed E-state index contributed by atoms with van der Waals surface area (Å²) in [6.07, 6.45) is -0.499. The van der Waals surface area contributed by atoms with E-state index in [0.29, 0.717) is 18.7 Å². The number of fused-ring (bicyclic) bond motifs is 1. The molecule has 5 nitrogen and oxygen atoms in total. The van der Waals surface area contributed by atoms with Crippen LogP contribution in [0.5, 0.6) is 0 Å². The smallest absolute Gasteiger partial charge is 0.273 e. The lowest BCUT2D eigenvalue weighted by Crippen LogP contribution is -2.32. The van der Waals surface area contributed by atoms with Crippen LogP contribution in [0.2, 0.25) is 0 Å². The standard InChI is InChI=1S/C14H14N2O3S/c17-13-9-15(8-11-5-6-20-14(11)13)7-10-3-1-2-4-12(10)16(18)19/h1-6,13,17H,7-9H2. The van der Waals surface area contributed by atoms with Gasteiger partial charge in [0.1, 0.15) is 6.10 Å². The van der Waals surface area contributed by atoms with E-state index in [4.69, 9.17) is 0 Å². The first-order chi connectivity index (χ1) is 9.65. The maximum absolute atomic E-state index is 11.0. The van der Waals surface area contributed by atoms with Gasteiger partial charge in [-0.15, -0.1) is 11.3 Å². The van der Waals surface area contributed by atoms with Gasteiger partial charge in [-0.3, -0.25) is 15.0 Å². The maximum Gasteiger partial charge on any atom is 0.273 e. The Labute approximate surface area is 120 Å². The number of para-hydroxylation sites is 1. The van der Waals surface area contributed by atoms with Crippen molar-refractivity contribution >= 4 is 17.0 Å². The first kappa shape index (κ1) is 13.2. The van der Waals surface area contributed by atoms with Gasteiger partial charge >= 0.3 is 0 Å². The van der Waals surface area contributed by atoms with E-state index in [1.165, 1.54) is 6.07 Å². The number of nitrogens with zero attached hydrogens (tertiary/aromatic N) is 2. The number of β-amino-alcohol motifs (C(OH)–C–C–N with tert-alkyl or cyclic N) is 1. The second kappa shape index (κ2) is 5.32. The summed E-state index contributed by atoms with van der Waals surface area (Å²) < 4.78 is 0. The second-order valence-electron chi connectivity index (χ2n) is 4.88. The number of thiophene rings is 1. The molecule has 0 bridgehead atoms. The zero-order valence-electron chi connectivity index (χ0n) is 10.7. The van der Waals surface area contributed by atoms with Crippen LogP contribution in [0.3, 0.4) is 0 Å². The van der Waals surface area contributed by atoms with Crippen molar-refractivity contribution in [3.63, 3.8) is 0 Å². The molecular formula is C14H14N2O3S. The highest BCUT2D eigenvalue weighted by atomic mass is 32.1. The Balaban J connectivity index is 1.82. The Morgan fingerprint density at radius 2 is 2.20 bits per heavy atom. The van der Waals surface area contributed by atoms with Crippen LogP contribution in [0, 0.1) is 10.1 Å². The molecule has 2 heterocycles. The monoisotopic (exact) mass is 290 g/mol. The van der Waals surface area contributed by atoms with Gasteiger partial charge in [0, 0.05) is 36.1 Å². The molecule has 6 heteroatoms. The number of aliphatic hydroxyl groups is 1.